The number of halogens is 2. The number of carbonyl (C=O) groups is 1. The average molecular weight is 383 g/mol. The second kappa shape index (κ2) is 8.96. The first-order valence-corrected chi connectivity index (χ1v) is 8.54. The van der Waals surface area contributed by atoms with E-state index >= 15 is 0 Å². The molecule has 3 aromatic rings. The number of hydrogen-bond acceptors (Lipinski definition) is 3. The van der Waals surface area contributed by atoms with E-state index in [1.807, 2.05) is 12.1 Å². The van der Waals surface area contributed by atoms with Crippen LogP contribution in [0.15, 0.2) is 77.9 Å². The second-order valence-electron chi connectivity index (χ2n) is 5.69. The Hall–Kier alpha value is -3.18. The van der Waals surface area contributed by atoms with E-state index in [-0.39, 0.29) is 11.7 Å². The van der Waals surface area contributed by atoms with Crippen LogP contribution in [-0.4, -0.2) is 12.1 Å². The number of benzene rings is 3. The minimum absolute atomic E-state index is 0.324. The first kappa shape index (κ1) is 18.6. The Kier molecular flexibility index (Phi) is 6.18. The zero-order valence-electron chi connectivity index (χ0n) is 14.2. The molecule has 136 valence electrons. The third kappa shape index (κ3) is 5.66. The molecule has 0 aliphatic rings. The van der Waals surface area contributed by atoms with E-state index < -0.39 is 0 Å². The second-order valence-corrected chi connectivity index (χ2v) is 6.13. The summed E-state index contributed by atoms with van der Waals surface area (Å²) >= 11 is 5.85. The SMILES string of the molecule is O=C(NN=Cc1ccc(F)cc1)c1ccc(OCc2ccc(Cl)cc2)cc1. The standard InChI is InChI=1S/C21H16ClFN2O2/c22-18-7-1-16(2-8-18)14-27-20-11-5-17(6-12-20)21(26)25-24-13-15-3-9-19(23)10-4-15/h1-13H,14H2,(H,25,26). The molecule has 3 rings (SSSR count). The zero-order valence-corrected chi connectivity index (χ0v) is 15.0. The van der Waals surface area contributed by atoms with Crippen LogP contribution < -0.4 is 10.2 Å². The Bertz CT molecular complexity index is 924. The highest BCUT2D eigenvalue weighted by Gasteiger charge is 2.04. The van der Waals surface area contributed by atoms with Gasteiger partial charge in [-0.15, -0.1) is 0 Å². The van der Waals surface area contributed by atoms with Gasteiger partial charge in [0.2, 0.25) is 0 Å². The number of amides is 1. The molecule has 0 saturated heterocycles. The van der Waals surface area contributed by atoms with Gasteiger partial charge in [-0.3, -0.25) is 4.79 Å². The topological polar surface area (TPSA) is 50.7 Å². The lowest BCUT2D eigenvalue weighted by atomic mass is 10.2. The van der Waals surface area contributed by atoms with Crippen LogP contribution >= 0.6 is 11.6 Å². The van der Waals surface area contributed by atoms with Crippen LogP contribution in [0, 0.1) is 5.82 Å². The highest BCUT2D eigenvalue weighted by molar-refractivity contribution is 6.30. The van der Waals surface area contributed by atoms with Crippen molar-refractivity contribution in [2.45, 2.75) is 6.61 Å². The Morgan fingerprint density at radius 2 is 1.67 bits per heavy atom. The molecule has 0 spiro atoms. The summed E-state index contributed by atoms with van der Waals surface area (Å²) in [6.07, 6.45) is 1.45. The lowest BCUT2D eigenvalue weighted by Gasteiger charge is -2.07. The number of hydrazone groups is 1. The number of rotatable bonds is 6. The lowest BCUT2D eigenvalue weighted by Crippen LogP contribution is -2.17. The van der Waals surface area contributed by atoms with E-state index in [2.05, 4.69) is 10.5 Å². The number of hydrogen-bond donors (Lipinski definition) is 1. The Morgan fingerprint density at radius 1 is 1.00 bits per heavy atom. The van der Waals surface area contributed by atoms with E-state index in [1.54, 1.807) is 48.5 Å². The third-order valence-electron chi connectivity index (χ3n) is 3.68. The lowest BCUT2D eigenvalue weighted by molar-refractivity contribution is 0.0955. The van der Waals surface area contributed by atoms with Crippen LogP contribution in [0.2, 0.25) is 5.02 Å². The van der Waals surface area contributed by atoms with Crippen LogP contribution in [0.5, 0.6) is 5.75 Å². The van der Waals surface area contributed by atoms with Gasteiger partial charge in [-0.25, -0.2) is 9.82 Å². The van der Waals surface area contributed by atoms with Gasteiger partial charge in [0.1, 0.15) is 18.2 Å². The number of nitrogens with one attached hydrogen (secondary N) is 1. The largest absolute Gasteiger partial charge is 0.489 e. The molecule has 0 aliphatic heterocycles. The van der Waals surface area contributed by atoms with Crippen molar-refractivity contribution < 1.29 is 13.9 Å². The van der Waals surface area contributed by atoms with Crippen molar-refractivity contribution in [1.82, 2.24) is 5.43 Å². The molecular weight excluding hydrogens is 367 g/mol. The molecule has 0 saturated carbocycles. The van der Waals surface area contributed by atoms with Crippen molar-refractivity contribution in [3.63, 3.8) is 0 Å². The van der Waals surface area contributed by atoms with E-state index in [4.69, 9.17) is 16.3 Å². The maximum atomic E-state index is 12.8. The fourth-order valence-corrected chi connectivity index (χ4v) is 2.35. The van der Waals surface area contributed by atoms with Gasteiger partial charge in [0, 0.05) is 10.6 Å². The van der Waals surface area contributed by atoms with Crippen LogP contribution in [0.25, 0.3) is 0 Å². The van der Waals surface area contributed by atoms with Crippen LogP contribution in [0.3, 0.4) is 0 Å². The van der Waals surface area contributed by atoms with Crippen molar-refractivity contribution >= 4 is 23.7 Å². The molecule has 1 N–H and O–H groups in total. The minimum atomic E-state index is -0.349. The first-order chi connectivity index (χ1) is 13.1. The molecule has 0 aromatic heterocycles. The molecule has 0 atom stereocenters. The number of ether oxygens (including phenoxy) is 1. The monoisotopic (exact) mass is 382 g/mol. The molecule has 3 aromatic carbocycles. The molecule has 0 fully saturated rings. The molecule has 0 aliphatic carbocycles. The summed E-state index contributed by atoms with van der Waals surface area (Å²) in [5, 5.41) is 4.54. The van der Waals surface area contributed by atoms with Gasteiger partial charge >= 0.3 is 0 Å². The smallest absolute Gasteiger partial charge is 0.271 e. The Morgan fingerprint density at radius 3 is 2.33 bits per heavy atom. The predicted molar refractivity (Wildman–Crippen MR) is 104 cm³/mol. The zero-order chi connectivity index (χ0) is 19.1. The van der Waals surface area contributed by atoms with E-state index in [0.29, 0.717) is 28.5 Å². The van der Waals surface area contributed by atoms with Gasteiger partial charge in [0.05, 0.1) is 6.21 Å². The van der Waals surface area contributed by atoms with Crippen molar-refractivity contribution in [2.75, 3.05) is 0 Å². The molecule has 0 bridgehead atoms. The molecule has 6 heteroatoms. The highest BCUT2D eigenvalue weighted by atomic mass is 35.5. The van der Waals surface area contributed by atoms with Gasteiger partial charge in [-0.05, 0) is 59.7 Å². The summed E-state index contributed by atoms with van der Waals surface area (Å²) in [5.41, 5.74) is 4.56. The van der Waals surface area contributed by atoms with Crippen molar-refractivity contribution in [1.29, 1.82) is 0 Å². The summed E-state index contributed by atoms with van der Waals surface area (Å²) in [5.74, 6) is -0.0246. The quantitative estimate of drug-likeness (QED) is 0.490. The van der Waals surface area contributed by atoms with Gasteiger partial charge in [-0.2, -0.15) is 5.10 Å². The van der Waals surface area contributed by atoms with Gasteiger partial charge in [-0.1, -0.05) is 35.9 Å². The van der Waals surface area contributed by atoms with Crippen LogP contribution in [0.1, 0.15) is 21.5 Å². The molecule has 27 heavy (non-hydrogen) atoms. The molecule has 1 amide bonds. The van der Waals surface area contributed by atoms with E-state index in [0.717, 1.165) is 5.56 Å². The average Bonchev–Trinajstić information content (AvgIpc) is 2.69. The fourth-order valence-electron chi connectivity index (χ4n) is 2.23. The molecule has 0 radical (unpaired) electrons. The van der Waals surface area contributed by atoms with Crippen molar-refractivity contribution in [3.8, 4) is 5.75 Å². The van der Waals surface area contributed by atoms with E-state index in [1.165, 1.54) is 18.3 Å². The van der Waals surface area contributed by atoms with Gasteiger partial charge in [0.15, 0.2) is 0 Å². The third-order valence-corrected chi connectivity index (χ3v) is 3.94. The summed E-state index contributed by atoms with van der Waals surface area (Å²) in [6.45, 7) is 0.407. The number of carbonyl (C=O) groups excluding carboxylic acids is 1. The van der Waals surface area contributed by atoms with Crippen molar-refractivity contribution in [3.05, 3.63) is 100 Å². The maximum Gasteiger partial charge on any atom is 0.271 e. The van der Waals surface area contributed by atoms with Gasteiger partial charge in [0.25, 0.3) is 5.91 Å². The predicted octanol–water partition coefficient (Wildman–Crippen LogP) is 4.82. The highest BCUT2D eigenvalue weighted by Crippen LogP contribution is 2.15. The van der Waals surface area contributed by atoms with Gasteiger partial charge < -0.3 is 4.74 Å². The number of nitrogens with zero attached hydrogens (tertiary/aromatic N) is 1. The first-order valence-electron chi connectivity index (χ1n) is 8.16. The molecular formula is C21H16ClFN2O2. The maximum absolute atomic E-state index is 12.8. The Labute approximate surface area is 161 Å². The van der Waals surface area contributed by atoms with Crippen LogP contribution in [0.4, 0.5) is 4.39 Å². The molecule has 0 unspecified atom stereocenters. The normalized spacial score (nSPS) is 10.7. The summed E-state index contributed by atoms with van der Waals surface area (Å²) < 4.78 is 18.5. The Balaban J connectivity index is 1.52. The molecule has 0 heterocycles. The van der Waals surface area contributed by atoms with E-state index in [9.17, 15) is 9.18 Å². The fraction of sp³-hybridized carbons (Fsp3) is 0.0476. The summed E-state index contributed by atoms with van der Waals surface area (Å²) in [7, 11) is 0. The van der Waals surface area contributed by atoms with Crippen molar-refractivity contribution in [2.24, 2.45) is 5.10 Å². The molecule has 4 nitrogen and oxygen atoms in total. The summed E-state index contributed by atoms with van der Waals surface area (Å²) in [6, 6.07) is 19.9. The van der Waals surface area contributed by atoms with Crippen LogP contribution in [-0.2, 0) is 6.61 Å². The minimum Gasteiger partial charge on any atom is -0.489 e. The summed E-state index contributed by atoms with van der Waals surface area (Å²) in [4.78, 5) is 12.1.